The van der Waals surface area contributed by atoms with Gasteiger partial charge in [-0.25, -0.2) is 4.79 Å². The molecule has 1 saturated heterocycles. The molecule has 4 heteroatoms. The summed E-state index contributed by atoms with van der Waals surface area (Å²) in [6.07, 6.45) is 2.61. The van der Waals surface area contributed by atoms with E-state index >= 15 is 0 Å². The molecule has 60 valence electrons. The van der Waals surface area contributed by atoms with Gasteiger partial charge in [0.25, 0.3) is 0 Å². The van der Waals surface area contributed by atoms with Crippen molar-refractivity contribution in [1.29, 1.82) is 0 Å². The Morgan fingerprint density at radius 3 is 3.00 bits per heavy atom. The van der Waals surface area contributed by atoms with E-state index in [0.29, 0.717) is 13.0 Å². The molecular formula is C7H9NO3. The van der Waals surface area contributed by atoms with Crippen LogP contribution in [0, 0.1) is 0 Å². The van der Waals surface area contributed by atoms with E-state index in [2.05, 4.69) is 4.99 Å². The first-order chi connectivity index (χ1) is 5.22. The van der Waals surface area contributed by atoms with Crippen LogP contribution in [0.1, 0.15) is 12.8 Å². The maximum Gasteiger partial charge on any atom is 0.332 e. The highest BCUT2D eigenvalue weighted by molar-refractivity contribution is 5.74. The molecule has 4 nitrogen and oxygen atoms in total. The van der Waals surface area contributed by atoms with E-state index in [9.17, 15) is 4.79 Å². The molecule has 0 aromatic heterocycles. The average Bonchev–Trinajstić information content (AvgIpc) is 2.29. The van der Waals surface area contributed by atoms with Crippen molar-refractivity contribution in [3.8, 4) is 0 Å². The molecule has 2 heterocycles. The van der Waals surface area contributed by atoms with Gasteiger partial charge in [-0.15, -0.1) is 0 Å². The van der Waals surface area contributed by atoms with Crippen LogP contribution in [-0.4, -0.2) is 35.5 Å². The molecule has 2 unspecified atom stereocenters. The fourth-order valence-electron chi connectivity index (χ4n) is 1.53. The molecule has 0 aromatic rings. The molecule has 0 amide bonds. The zero-order chi connectivity index (χ0) is 7.90. The van der Waals surface area contributed by atoms with Gasteiger partial charge < -0.3 is 9.84 Å². The van der Waals surface area contributed by atoms with E-state index in [1.807, 2.05) is 0 Å². The fraction of sp³-hybridized carbons (Fsp3) is 0.714. The van der Waals surface area contributed by atoms with Crippen molar-refractivity contribution in [2.45, 2.75) is 24.5 Å². The maximum absolute atomic E-state index is 10.4. The summed E-state index contributed by atoms with van der Waals surface area (Å²) in [4.78, 5) is 14.4. The van der Waals surface area contributed by atoms with Gasteiger partial charge in [-0.1, -0.05) is 0 Å². The van der Waals surface area contributed by atoms with Gasteiger partial charge in [0, 0.05) is 19.1 Å². The van der Waals surface area contributed by atoms with E-state index < -0.39 is 12.1 Å². The number of ether oxygens (including phenoxy) is 1. The number of hydrogen-bond acceptors (Lipinski definition) is 3. The molecule has 2 atom stereocenters. The summed E-state index contributed by atoms with van der Waals surface area (Å²) in [5.41, 5.74) is -0.233. The summed E-state index contributed by atoms with van der Waals surface area (Å²) in [5.74, 6) is -0.859. The van der Waals surface area contributed by atoms with Gasteiger partial charge >= 0.3 is 5.97 Å². The van der Waals surface area contributed by atoms with Crippen LogP contribution in [0.5, 0.6) is 0 Å². The average molecular weight is 155 g/mol. The molecule has 2 aliphatic heterocycles. The SMILES string of the molecule is O=C(O)C1CC2(CC=NC2)O1. The summed E-state index contributed by atoms with van der Waals surface area (Å²) in [6, 6.07) is 0. The number of aliphatic imine (C=N–C) groups is 1. The van der Waals surface area contributed by atoms with Crippen molar-refractivity contribution < 1.29 is 14.6 Å². The summed E-state index contributed by atoms with van der Waals surface area (Å²) >= 11 is 0. The Morgan fingerprint density at radius 1 is 1.82 bits per heavy atom. The fourth-order valence-corrected chi connectivity index (χ4v) is 1.53. The van der Waals surface area contributed by atoms with Gasteiger partial charge in [0.2, 0.25) is 0 Å². The van der Waals surface area contributed by atoms with Crippen molar-refractivity contribution in [2.75, 3.05) is 6.54 Å². The van der Waals surface area contributed by atoms with E-state index in [4.69, 9.17) is 9.84 Å². The van der Waals surface area contributed by atoms with Crippen molar-refractivity contribution in [3.63, 3.8) is 0 Å². The lowest BCUT2D eigenvalue weighted by atomic mass is 9.88. The minimum Gasteiger partial charge on any atom is -0.479 e. The number of carboxylic acid groups (broad SMARTS) is 1. The van der Waals surface area contributed by atoms with E-state index in [-0.39, 0.29) is 5.60 Å². The number of hydrogen-bond donors (Lipinski definition) is 1. The van der Waals surface area contributed by atoms with Crippen molar-refractivity contribution in [1.82, 2.24) is 0 Å². The molecule has 2 rings (SSSR count). The van der Waals surface area contributed by atoms with Gasteiger partial charge in [-0.2, -0.15) is 0 Å². The van der Waals surface area contributed by atoms with Crippen LogP contribution in [0.25, 0.3) is 0 Å². The second kappa shape index (κ2) is 2.04. The summed E-state index contributed by atoms with van der Waals surface area (Å²) in [6.45, 7) is 0.636. The van der Waals surface area contributed by atoms with Crippen LogP contribution in [0.3, 0.4) is 0 Å². The molecule has 0 aliphatic carbocycles. The number of carboxylic acids is 1. The highest BCUT2D eigenvalue weighted by atomic mass is 16.6. The minimum absolute atomic E-state index is 0.233. The third-order valence-electron chi connectivity index (χ3n) is 2.20. The largest absolute Gasteiger partial charge is 0.479 e. The Hall–Kier alpha value is -0.900. The van der Waals surface area contributed by atoms with E-state index in [0.717, 1.165) is 6.42 Å². The quantitative estimate of drug-likeness (QED) is 0.583. The first kappa shape index (κ1) is 6.79. The summed E-state index contributed by atoms with van der Waals surface area (Å²) in [5, 5.41) is 8.51. The standard InChI is InChI=1S/C7H9NO3/c9-6(10)5-3-7(11-5)1-2-8-4-7/h2,5H,1,3-4H2,(H,9,10). The van der Waals surface area contributed by atoms with Crippen LogP contribution in [-0.2, 0) is 9.53 Å². The van der Waals surface area contributed by atoms with Gasteiger partial charge in [-0.3, -0.25) is 4.99 Å². The molecular weight excluding hydrogens is 146 g/mol. The van der Waals surface area contributed by atoms with Gasteiger partial charge in [-0.05, 0) is 0 Å². The second-order valence-corrected chi connectivity index (χ2v) is 3.06. The Kier molecular flexibility index (Phi) is 1.26. The Balaban J connectivity index is 1.92. The van der Waals surface area contributed by atoms with Crippen molar-refractivity contribution in [2.24, 2.45) is 4.99 Å². The predicted molar refractivity (Wildman–Crippen MR) is 37.8 cm³/mol. The Bertz CT molecular complexity index is 208. The third kappa shape index (κ3) is 0.939. The second-order valence-electron chi connectivity index (χ2n) is 3.06. The van der Waals surface area contributed by atoms with Crippen LogP contribution < -0.4 is 0 Å². The van der Waals surface area contributed by atoms with Gasteiger partial charge in [0.1, 0.15) is 0 Å². The first-order valence-electron chi connectivity index (χ1n) is 3.61. The highest BCUT2D eigenvalue weighted by Gasteiger charge is 2.49. The predicted octanol–water partition coefficient (Wildman–Crippen LogP) is 0.0732. The van der Waals surface area contributed by atoms with Crippen LogP contribution in [0.4, 0.5) is 0 Å². The maximum atomic E-state index is 10.4. The lowest BCUT2D eigenvalue weighted by molar-refractivity contribution is -0.209. The molecule has 0 saturated carbocycles. The Labute approximate surface area is 63.9 Å². The van der Waals surface area contributed by atoms with Crippen molar-refractivity contribution >= 4 is 12.2 Å². The van der Waals surface area contributed by atoms with Crippen LogP contribution in [0.15, 0.2) is 4.99 Å². The first-order valence-corrected chi connectivity index (χ1v) is 3.61. The smallest absolute Gasteiger partial charge is 0.332 e. The van der Waals surface area contributed by atoms with Crippen LogP contribution in [0.2, 0.25) is 0 Å². The lowest BCUT2D eigenvalue weighted by Crippen LogP contribution is -2.54. The van der Waals surface area contributed by atoms with E-state index in [1.54, 1.807) is 6.21 Å². The molecule has 0 bridgehead atoms. The van der Waals surface area contributed by atoms with Gasteiger partial charge in [0.15, 0.2) is 6.10 Å². The number of aliphatic carboxylic acids is 1. The van der Waals surface area contributed by atoms with Crippen LogP contribution >= 0.6 is 0 Å². The summed E-state index contributed by atoms with van der Waals surface area (Å²) in [7, 11) is 0. The van der Waals surface area contributed by atoms with Crippen molar-refractivity contribution in [3.05, 3.63) is 0 Å². The number of nitrogens with zero attached hydrogens (tertiary/aromatic N) is 1. The molecule has 0 radical (unpaired) electrons. The highest BCUT2D eigenvalue weighted by Crippen LogP contribution is 2.37. The molecule has 1 spiro atoms. The van der Waals surface area contributed by atoms with E-state index in [1.165, 1.54) is 0 Å². The number of rotatable bonds is 1. The molecule has 1 N–H and O–H groups in total. The van der Waals surface area contributed by atoms with Gasteiger partial charge in [0.05, 0.1) is 12.1 Å². The molecule has 0 aromatic carbocycles. The number of carbonyl (C=O) groups is 1. The molecule has 2 aliphatic rings. The normalized spacial score (nSPS) is 40.9. The zero-order valence-corrected chi connectivity index (χ0v) is 5.99. The zero-order valence-electron chi connectivity index (χ0n) is 5.99. The minimum atomic E-state index is -0.859. The monoisotopic (exact) mass is 155 g/mol. The third-order valence-corrected chi connectivity index (χ3v) is 2.20. The Morgan fingerprint density at radius 2 is 2.55 bits per heavy atom. The molecule has 11 heavy (non-hydrogen) atoms. The lowest BCUT2D eigenvalue weighted by Gasteiger charge is -2.42. The summed E-state index contributed by atoms with van der Waals surface area (Å²) < 4.78 is 5.22. The molecule has 1 fully saturated rings. The topological polar surface area (TPSA) is 58.9 Å².